The Hall–Kier alpha value is -1.66. The molecule has 0 bridgehead atoms. The van der Waals surface area contributed by atoms with E-state index in [4.69, 9.17) is 0 Å². The Labute approximate surface area is 158 Å². The molecule has 0 aromatic heterocycles. The van der Waals surface area contributed by atoms with Crippen molar-refractivity contribution in [3.63, 3.8) is 0 Å². The summed E-state index contributed by atoms with van der Waals surface area (Å²) >= 11 is 0. The van der Waals surface area contributed by atoms with Gasteiger partial charge >= 0.3 is 0 Å². The first kappa shape index (κ1) is 29.1. The van der Waals surface area contributed by atoms with Crippen LogP contribution in [0.3, 0.4) is 0 Å². The van der Waals surface area contributed by atoms with Gasteiger partial charge in [-0.3, -0.25) is 0 Å². The monoisotopic (exact) mass is 372 g/mol. The first-order chi connectivity index (χ1) is 11.6. The number of aliphatic carboxylic acids is 2. The van der Waals surface area contributed by atoms with E-state index in [0.717, 1.165) is 63.4 Å². The van der Waals surface area contributed by atoms with Crippen molar-refractivity contribution in [2.45, 2.75) is 90.4 Å². The number of carbonyl (C=O) groups excluding carboxylic acids is 2. The van der Waals surface area contributed by atoms with E-state index in [0.29, 0.717) is 6.42 Å². The van der Waals surface area contributed by atoms with E-state index in [9.17, 15) is 19.8 Å². The molecule has 0 saturated heterocycles. The predicted molar refractivity (Wildman–Crippen MR) is 105 cm³/mol. The number of rotatable bonds is 16. The number of carboxylic acid groups (broad SMARTS) is 2. The third-order valence-corrected chi connectivity index (χ3v) is 3.96. The summed E-state index contributed by atoms with van der Waals surface area (Å²) < 4.78 is 0. The Morgan fingerprint density at radius 1 is 0.769 bits per heavy atom. The zero-order valence-corrected chi connectivity index (χ0v) is 17.1. The number of carbonyl (C=O) groups is 2. The van der Waals surface area contributed by atoms with Crippen molar-refractivity contribution in [3.8, 4) is 0 Å². The van der Waals surface area contributed by atoms with E-state index in [1.54, 1.807) is 0 Å². The maximum Gasteiger partial charge on any atom is 0.0645 e. The summed E-state index contributed by atoms with van der Waals surface area (Å²) in [5.41, 5.74) is 0.841. The third-order valence-electron chi connectivity index (χ3n) is 3.96. The van der Waals surface area contributed by atoms with Crippen LogP contribution in [0.1, 0.15) is 90.4 Å². The van der Waals surface area contributed by atoms with Crippen molar-refractivity contribution >= 4 is 11.9 Å². The molecule has 0 aliphatic heterocycles. The molecule has 0 atom stereocenters. The second-order valence-electron chi connectivity index (χ2n) is 6.28. The van der Waals surface area contributed by atoms with Crippen molar-refractivity contribution in [1.82, 2.24) is 12.3 Å². The van der Waals surface area contributed by atoms with E-state index >= 15 is 0 Å². The molecule has 0 fully saturated rings. The normalized spacial score (nSPS) is 11.0. The second kappa shape index (κ2) is 21.4. The van der Waals surface area contributed by atoms with Gasteiger partial charge in [0.25, 0.3) is 0 Å². The maximum absolute atomic E-state index is 10.7. The Balaban J connectivity index is -0.00000264. The van der Waals surface area contributed by atoms with Gasteiger partial charge in [0.15, 0.2) is 0 Å². The van der Waals surface area contributed by atoms with Crippen LogP contribution >= 0.6 is 0 Å². The Kier molecular flexibility index (Phi) is 23.9. The SMILES string of the molecule is CCCCCCC(C=CCCCCCCCCC(=O)[O-])=CC(=O)[O-].[NH4+].[NH4+]. The van der Waals surface area contributed by atoms with Gasteiger partial charge in [0.1, 0.15) is 0 Å². The van der Waals surface area contributed by atoms with E-state index in [2.05, 4.69) is 6.92 Å². The van der Waals surface area contributed by atoms with Crippen LogP contribution in [0.5, 0.6) is 0 Å². The molecular weight excluding hydrogens is 332 g/mol. The number of carboxylic acids is 2. The Bertz CT molecular complexity index is 407. The first-order valence-corrected chi connectivity index (χ1v) is 9.34. The van der Waals surface area contributed by atoms with Crippen LogP contribution in [0.2, 0.25) is 0 Å². The lowest BCUT2D eigenvalue weighted by atomic mass is 10.0. The summed E-state index contributed by atoms with van der Waals surface area (Å²) in [5, 5.41) is 21.0. The molecule has 0 aromatic rings. The fourth-order valence-electron chi connectivity index (χ4n) is 2.58. The molecule has 154 valence electrons. The molecule has 0 rings (SSSR count). The molecule has 8 N–H and O–H groups in total. The molecule has 0 unspecified atom stereocenters. The fourth-order valence-corrected chi connectivity index (χ4v) is 2.58. The van der Waals surface area contributed by atoms with Gasteiger partial charge in [0, 0.05) is 5.97 Å². The minimum atomic E-state index is -1.12. The molecule has 0 aliphatic rings. The molecule has 0 aliphatic carbocycles. The average Bonchev–Trinajstić information content (AvgIpc) is 2.52. The van der Waals surface area contributed by atoms with Crippen LogP contribution in [0.15, 0.2) is 23.8 Å². The number of unbranched alkanes of at least 4 members (excludes halogenated alkanes) is 9. The Morgan fingerprint density at radius 3 is 1.88 bits per heavy atom. The lowest BCUT2D eigenvalue weighted by Gasteiger charge is -2.04. The second-order valence-corrected chi connectivity index (χ2v) is 6.28. The highest BCUT2D eigenvalue weighted by Crippen LogP contribution is 2.13. The lowest BCUT2D eigenvalue weighted by Crippen LogP contribution is -2.21. The minimum Gasteiger partial charge on any atom is -0.550 e. The van der Waals surface area contributed by atoms with Crippen molar-refractivity contribution in [1.29, 1.82) is 0 Å². The molecule has 0 amide bonds. The van der Waals surface area contributed by atoms with Crippen LogP contribution in [-0.2, 0) is 9.59 Å². The number of hydrogen-bond donors (Lipinski definition) is 2. The number of hydrogen-bond acceptors (Lipinski definition) is 4. The van der Waals surface area contributed by atoms with Gasteiger partial charge < -0.3 is 32.1 Å². The largest absolute Gasteiger partial charge is 0.550 e. The fraction of sp³-hybridized carbons (Fsp3) is 0.700. The molecular formula is C20H40N2O4. The highest BCUT2D eigenvalue weighted by Gasteiger charge is 1.95. The number of quaternary nitrogens is 2. The maximum atomic E-state index is 10.7. The molecule has 0 radical (unpaired) electrons. The summed E-state index contributed by atoms with van der Waals surface area (Å²) in [7, 11) is 0. The standard InChI is InChI=1S/C20H34O4.2H3N/c1-2-3-4-11-14-18(17-20(23)24)15-12-9-7-5-6-8-10-13-16-19(21)22;;/h12,15,17H,2-11,13-14,16H2,1H3,(H,21,22)(H,23,24);2*1H3. The molecule has 26 heavy (non-hydrogen) atoms. The van der Waals surface area contributed by atoms with Gasteiger partial charge in [0.05, 0.1) is 5.97 Å². The first-order valence-electron chi connectivity index (χ1n) is 9.34. The van der Waals surface area contributed by atoms with Crippen molar-refractivity contribution in [3.05, 3.63) is 23.8 Å². The quantitative estimate of drug-likeness (QED) is 0.240. The van der Waals surface area contributed by atoms with E-state index in [-0.39, 0.29) is 18.7 Å². The average molecular weight is 373 g/mol. The Morgan fingerprint density at radius 2 is 1.31 bits per heavy atom. The highest BCUT2D eigenvalue weighted by molar-refractivity contribution is 5.79. The third kappa shape index (κ3) is 22.3. The zero-order chi connectivity index (χ0) is 18.0. The molecule has 6 nitrogen and oxygen atoms in total. The van der Waals surface area contributed by atoms with Gasteiger partial charge in [-0.25, -0.2) is 0 Å². The minimum absolute atomic E-state index is 0. The number of allylic oxidation sites excluding steroid dienone is 3. The van der Waals surface area contributed by atoms with Crippen LogP contribution in [0.4, 0.5) is 0 Å². The molecule has 0 spiro atoms. The molecule has 0 heterocycles. The van der Waals surface area contributed by atoms with Crippen molar-refractivity contribution in [2.24, 2.45) is 0 Å². The van der Waals surface area contributed by atoms with Gasteiger partial charge in [-0.05, 0) is 50.2 Å². The highest BCUT2D eigenvalue weighted by atomic mass is 16.4. The van der Waals surface area contributed by atoms with Crippen LogP contribution < -0.4 is 22.5 Å². The van der Waals surface area contributed by atoms with Crippen LogP contribution in [-0.4, -0.2) is 11.9 Å². The zero-order valence-electron chi connectivity index (χ0n) is 17.1. The van der Waals surface area contributed by atoms with Gasteiger partial charge in [-0.1, -0.05) is 64.0 Å². The predicted octanol–water partition coefficient (Wildman–Crippen LogP) is 3.81. The lowest BCUT2D eigenvalue weighted by molar-refractivity contribution is -0.306. The molecule has 6 heteroatoms. The van der Waals surface area contributed by atoms with Crippen molar-refractivity contribution in [2.75, 3.05) is 0 Å². The van der Waals surface area contributed by atoms with Gasteiger partial charge in [0.2, 0.25) is 0 Å². The summed E-state index contributed by atoms with van der Waals surface area (Å²) in [6, 6.07) is 0. The van der Waals surface area contributed by atoms with Crippen LogP contribution in [0, 0.1) is 0 Å². The van der Waals surface area contributed by atoms with Gasteiger partial charge in [-0.2, -0.15) is 0 Å². The topological polar surface area (TPSA) is 153 Å². The summed E-state index contributed by atoms with van der Waals surface area (Å²) in [6.45, 7) is 2.15. The van der Waals surface area contributed by atoms with Crippen LogP contribution in [0.25, 0.3) is 0 Å². The van der Waals surface area contributed by atoms with E-state index < -0.39 is 11.9 Å². The smallest absolute Gasteiger partial charge is 0.0645 e. The molecule has 0 aromatic carbocycles. The van der Waals surface area contributed by atoms with Crippen molar-refractivity contribution < 1.29 is 19.8 Å². The van der Waals surface area contributed by atoms with E-state index in [1.807, 2.05) is 12.2 Å². The van der Waals surface area contributed by atoms with Gasteiger partial charge in [-0.15, -0.1) is 0 Å². The molecule has 0 saturated carbocycles. The summed E-state index contributed by atoms with van der Waals surface area (Å²) in [4.78, 5) is 21.0. The summed E-state index contributed by atoms with van der Waals surface area (Å²) in [6.07, 6.45) is 17.6. The summed E-state index contributed by atoms with van der Waals surface area (Å²) in [5.74, 6) is -2.09. The van der Waals surface area contributed by atoms with E-state index in [1.165, 1.54) is 18.9 Å².